The zero-order valence-electron chi connectivity index (χ0n) is 11.3. The molecular formula is C12H15N5O2S. The summed E-state index contributed by atoms with van der Waals surface area (Å²) in [5, 5.41) is 7.73. The monoisotopic (exact) mass is 293 g/mol. The zero-order chi connectivity index (χ0) is 14.3. The quantitative estimate of drug-likeness (QED) is 0.869. The van der Waals surface area contributed by atoms with Crippen LogP contribution in [-0.4, -0.2) is 40.1 Å². The second-order valence-corrected chi connectivity index (χ2v) is 5.95. The SMILES string of the molecule is Cc1cc(=O)n2nc(N(C)CC(=O)NC3CC3)sc2n1. The standard InChI is InChI=1S/C12H15N5O2S/c1-7-5-10(19)17-11(13-7)20-12(15-17)16(2)6-9(18)14-8-3-4-8/h5,8H,3-4,6H2,1-2H3,(H,14,18). The Morgan fingerprint density at radius 3 is 3.05 bits per heavy atom. The van der Waals surface area contributed by atoms with Gasteiger partial charge in [-0.25, -0.2) is 4.98 Å². The number of hydrogen-bond acceptors (Lipinski definition) is 6. The average molecular weight is 293 g/mol. The van der Waals surface area contributed by atoms with E-state index in [1.165, 1.54) is 21.9 Å². The van der Waals surface area contributed by atoms with Crippen LogP contribution in [0.5, 0.6) is 0 Å². The van der Waals surface area contributed by atoms with Crippen LogP contribution in [0.2, 0.25) is 0 Å². The number of rotatable bonds is 4. The van der Waals surface area contributed by atoms with E-state index in [1.54, 1.807) is 18.9 Å². The van der Waals surface area contributed by atoms with Crippen molar-refractivity contribution < 1.29 is 4.79 Å². The molecule has 1 amide bonds. The van der Waals surface area contributed by atoms with Gasteiger partial charge in [0.25, 0.3) is 5.56 Å². The van der Waals surface area contributed by atoms with E-state index in [-0.39, 0.29) is 18.0 Å². The van der Waals surface area contributed by atoms with E-state index >= 15 is 0 Å². The molecule has 0 aromatic carbocycles. The molecule has 0 bridgehead atoms. The van der Waals surface area contributed by atoms with Crippen molar-refractivity contribution in [2.75, 3.05) is 18.5 Å². The maximum Gasteiger partial charge on any atom is 0.275 e. The third-order valence-corrected chi connectivity index (χ3v) is 4.03. The summed E-state index contributed by atoms with van der Waals surface area (Å²) >= 11 is 1.30. The van der Waals surface area contributed by atoms with Crippen LogP contribution < -0.4 is 15.8 Å². The topological polar surface area (TPSA) is 79.6 Å². The lowest BCUT2D eigenvalue weighted by molar-refractivity contribution is -0.119. The molecule has 2 aromatic rings. The highest BCUT2D eigenvalue weighted by atomic mass is 32.1. The van der Waals surface area contributed by atoms with Crippen LogP contribution in [0.1, 0.15) is 18.5 Å². The van der Waals surface area contributed by atoms with Crippen LogP contribution in [0, 0.1) is 6.92 Å². The Balaban J connectivity index is 1.80. The first-order valence-electron chi connectivity index (χ1n) is 6.41. The van der Waals surface area contributed by atoms with Crippen LogP contribution >= 0.6 is 11.3 Å². The van der Waals surface area contributed by atoms with Gasteiger partial charge in [-0.1, -0.05) is 11.3 Å². The Labute approximate surface area is 119 Å². The van der Waals surface area contributed by atoms with Crippen LogP contribution in [0.4, 0.5) is 5.13 Å². The summed E-state index contributed by atoms with van der Waals surface area (Å²) in [5.74, 6) is -0.0225. The number of nitrogens with zero attached hydrogens (tertiary/aromatic N) is 4. The molecule has 8 heteroatoms. The molecule has 0 aliphatic heterocycles. The first kappa shape index (κ1) is 13.0. The molecule has 1 fully saturated rings. The van der Waals surface area contributed by atoms with Crippen LogP contribution in [0.3, 0.4) is 0 Å². The molecule has 2 aromatic heterocycles. The van der Waals surface area contributed by atoms with Crippen molar-refractivity contribution in [3.8, 4) is 0 Å². The highest BCUT2D eigenvalue weighted by molar-refractivity contribution is 7.20. The van der Waals surface area contributed by atoms with Gasteiger partial charge < -0.3 is 10.2 Å². The minimum Gasteiger partial charge on any atom is -0.352 e. The third-order valence-electron chi connectivity index (χ3n) is 3.01. The molecule has 0 radical (unpaired) electrons. The van der Waals surface area contributed by atoms with Crippen molar-refractivity contribution in [3.05, 3.63) is 22.1 Å². The van der Waals surface area contributed by atoms with Crippen LogP contribution in [0.15, 0.2) is 10.9 Å². The Morgan fingerprint density at radius 2 is 2.35 bits per heavy atom. The second kappa shape index (κ2) is 4.86. The number of likely N-dealkylation sites (N-methyl/N-ethyl adjacent to an activating group) is 1. The fourth-order valence-corrected chi connectivity index (χ4v) is 2.76. The van der Waals surface area contributed by atoms with E-state index < -0.39 is 0 Å². The number of carbonyl (C=O) groups is 1. The van der Waals surface area contributed by atoms with Gasteiger partial charge in [0, 0.05) is 24.8 Å². The summed E-state index contributed by atoms with van der Waals surface area (Å²) in [4.78, 5) is 30.1. The van der Waals surface area contributed by atoms with E-state index in [0.717, 1.165) is 12.8 Å². The second-order valence-electron chi connectivity index (χ2n) is 5.01. The molecule has 3 rings (SSSR count). The van der Waals surface area contributed by atoms with E-state index in [1.807, 2.05) is 0 Å². The predicted molar refractivity (Wildman–Crippen MR) is 76.3 cm³/mol. The molecule has 0 saturated heterocycles. The van der Waals surface area contributed by atoms with Crippen molar-refractivity contribution >= 4 is 27.3 Å². The molecule has 20 heavy (non-hydrogen) atoms. The van der Waals surface area contributed by atoms with Gasteiger partial charge in [0.2, 0.25) is 16.0 Å². The van der Waals surface area contributed by atoms with Gasteiger partial charge in [0.15, 0.2) is 0 Å². The molecule has 7 nitrogen and oxygen atoms in total. The fraction of sp³-hybridized carbons (Fsp3) is 0.500. The molecule has 0 unspecified atom stereocenters. The third kappa shape index (κ3) is 2.64. The molecule has 2 heterocycles. The first-order valence-corrected chi connectivity index (χ1v) is 7.22. The maximum atomic E-state index is 11.8. The van der Waals surface area contributed by atoms with Crippen LogP contribution in [0.25, 0.3) is 4.96 Å². The Morgan fingerprint density at radius 1 is 1.60 bits per heavy atom. The van der Waals surface area contributed by atoms with Gasteiger partial charge in [0.1, 0.15) is 0 Å². The summed E-state index contributed by atoms with van der Waals surface area (Å²) in [6, 6.07) is 1.79. The normalized spacial score (nSPS) is 14.5. The largest absolute Gasteiger partial charge is 0.352 e. The molecule has 106 valence electrons. The lowest BCUT2D eigenvalue weighted by Crippen LogP contribution is -2.36. The Bertz CT molecular complexity index is 718. The number of hydrogen-bond donors (Lipinski definition) is 1. The smallest absolute Gasteiger partial charge is 0.275 e. The van der Waals surface area contributed by atoms with E-state index in [2.05, 4.69) is 15.4 Å². The minimum absolute atomic E-state index is 0.0225. The number of nitrogens with one attached hydrogen (secondary N) is 1. The van der Waals surface area contributed by atoms with E-state index in [4.69, 9.17) is 0 Å². The number of carbonyl (C=O) groups excluding carboxylic acids is 1. The first-order chi connectivity index (χ1) is 9.52. The Hall–Kier alpha value is -1.96. The van der Waals surface area contributed by atoms with Gasteiger partial charge in [-0.3, -0.25) is 9.59 Å². The summed E-state index contributed by atoms with van der Waals surface area (Å²) in [6.45, 7) is 2.00. The summed E-state index contributed by atoms with van der Waals surface area (Å²) in [7, 11) is 1.78. The fourth-order valence-electron chi connectivity index (χ4n) is 1.85. The molecule has 0 atom stereocenters. The molecule has 1 N–H and O–H groups in total. The van der Waals surface area contributed by atoms with Crippen LogP contribution in [-0.2, 0) is 4.79 Å². The van der Waals surface area contributed by atoms with E-state index in [9.17, 15) is 9.59 Å². The van der Waals surface area contributed by atoms with Gasteiger partial charge >= 0.3 is 0 Å². The average Bonchev–Trinajstić information content (AvgIpc) is 3.05. The van der Waals surface area contributed by atoms with Gasteiger partial charge in [-0.15, -0.1) is 5.10 Å². The highest BCUT2D eigenvalue weighted by Gasteiger charge is 2.24. The highest BCUT2D eigenvalue weighted by Crippen LogP contribution is 2.21. The molecule has 1 aliphatic carbocycles. The molecule has 1 saturated carbocycles. The van der Waals surface area contributed by atoms with Gasteiger partial charge in [-0.2, -0.15) is 4.52 Å². The summed E-state index contributed by atoms with van der Waals surface area (Å²) < 4.78 is 1.27. The maximum absolute atomic E-state index is 11.8. The number of anilines is 1. The number of amides is 1. The summed E-state index contributed by atoms with van der Waals surface area (Å²) in [5.41, 5.74) is 0.463. The number of aromatic nitrogens is 3. The van der Waals surface area contributed by atoms with Crippen molar-refractivity contribution in [1.29, 1.82) is 0 Å². The minimum atomic E-state index is -0.203. The number of aryl methyl sites for hydroxylation is 1. The molecule has 0 spiro atoms. The Kier molecular flexibility index (Phi) is 3.17. The predicted octanol–water partition coefficient (Wildman–Crippen LogP) is 0.174. The van der Waals surface area contributed by atoms with Crippen molar-refractivity contribution in [2.24, 2.45) is 0 Å². The molecule has 1 aliphatic rings. The van der Waals surface area contributed by atoms with Crippen molar-refractivity contribution in [1.82, 2.24) is 19.9 Å². The lowest BCUT2D eigenvalue weighted by Gasteiger charge is -2.14. The molecular weight excluding hydrogens is 278 g/mol. The van der Waals surface area contributed by atoms with Gasteiger partial charge in [0.05, 0.1) is 6.54 Å². The van der Waals surface area contributed by atoms with Gasteiger partial charge in [-0.05, 0) is 19.8 Å². The lowest BCUT2D eigenvalue weighted by atomic mass is 10.5. The van der Waals surface area contributed by atoms with E-state index in [0.29, 0.717) is 21.8 Å². The summed E-state index contributed by atoms with van der Waals surface area (Å²) in [6.07, 6.45) is 2.13. The van der Waals surface area contributed by atoms with Crippen molar-refractivity contribution in [2.45, 2.75) is 25.8 Å². The number of fused-ring (bicyclic) bond motifs is 1. The van der Waals surface area contributed by atoms with Crippen molar-refractivity contribution in [3.63, 3.8) is 0 Å². The zero-order valence-corrected chi connectivity index (χ0v) is 12.1.